The molecule has 1 aliphatic rings. The van der Waals surface area contributed by atoms with Crippen LogP contribution in [-0.4, -0.2) is 44.2 Å². The zero-order chi connectivity index (χ0) is 18.5. The lowest BCUT2D eigenvalue weighted by Gasteiger charge is -2.28. The number of amides is 1. The fraction of sp³-hybridized carbons (Fsp3) is 0.278. The molecular weight excluding hydrogens is 336 g/mol. The Morgan fingerprint density at radius 1 is 1.15 bits per heavy atom. The van der Waals surface area contributed by atoms with Crippen molar-refractivity contribution in [3.05, 3.63) is 58.1 Å². The fourth-order valence-electron chi connectivity index (χ4n) is 2.82. The van der Waals surface area contributed by atoms with Crippen LogP contribution in [0.2, 0.25) is 0 Å². The van der Waals surface area contributed by atoms with Gasteiger partial charge in [0, 0.05) is 43.1 Å². The van der Waals surface area contributed by atoms with E-state index in [9.17, 15) is 14.9 Å². The summed E-state index contributed by atoms with van der Waals surface area (Å²) in [5.41, 5.74) is 2.16. The fourth-order valence-corrected chi connectivity index (χ4v) is 2.82. The molecular formula is C18H20N4O4. The van der Waals surface area contributed by atoms with Crippen LogP contribution < -0.4 is 15.5 Å². The van der Waals surface area contributed by atoms with Gasteiger partial charge in [-0.2, -0.15) is 0 Å². The molecule has 0 atom stereocenters. The number of ether oxygens (including phenoxy) is 1. The SMILES string of the molecule is CNc1ccc(C(=O)Nc2ccc(N3CCOCC3)cc2)cc1[N+](=O)[O-]. The number of carbonyl (C=O) groups is 1. The summed E-state index contributed by atoms with van der Waals surface area (Å²) in [6, 6.07) is 11.9. The van der Waals surface area contributed by atoms with E-state index in [-0.39, 0.29) is 11.3 Å². The summed E-state index contributed by atoms with van der Waals surface area (Å²) < 4.78 is 5.34. The minimum Gasteiger partial charge on any atom is -0.383 e. The highest BCUT2D eigenvalue weighted by Crippen LogP contribution is 2.26. The topological polar surface area (TPSA) is 96.7 Å². The lowest BCUT2D eigenvalue weighted by molar-refractivity contribution is -0.384. The first-order valence-corrected chi connectivity index (χ1v) is 8.29. The molecule has 8 heteroatoms. The molecule has 0 aromatic heterocycles. The number of nitrogens with one attached hydrogen (secondary N) is 2. The Balaban J connectivity index is 1.71. The first kappa shape index (κ1) is 17.7. The van der Waals surface area contributed by atoms with Crippen molar-refractivity contribution < 1.29 is 14.5 Å². The molecule has 1 aliphatic heterocycles. The van der Waals surface area contributed by atoms with E-state index >= 15 is 0 Å². The van der Waals surface area contributed by atoms with Gasteiger partial charge in [0.1, 0.15) is 5.69 Å². The molecule has 2 aromatic rings. The van der Waals surface area contributed by atoms with Gasteiger partial charge < -0.3 is 20.3 Å². The zero-order valence-electron chi connectivity index (χ0n) is 14.4. The van der Waals surface area contributed by atoms with Gasteiger partial charge in [-0.3, -0.25) is 14.9 Å². The van der Waals surface area contributed by atoms with Gasteiger partial charge >= 0.3 is 0 Å². The average molecular weight is 356 g/mol. The summed E-state index contributed by atoms with van der Waals surface area (Å²) in [5, 5.41) is 16.6. The van der Waals surface area contributed by atoms with E-state index in [4.69, 9.17) is 4.74 Å². The molecule has 0 unspecified atom stereocenters. The molecule has 0 aliphatic carbocycles. The van der Waals surface area contributed by atoms with E-state index < -0.39 is 10.8 Å². The van der Waals surface area contributed by atoms with Gasteiger partial charge in [0.15, 0.2) is 0 Å². The number of nitro groups is 1. The van der Waals surface area contributed by atoms with Gasteiger partial charge in [-0.15, -0.1) is 0 Å². The molecule has 8 nitrogen and oxygen atoms in total. The third kappa shape index (κ3) is 3.92. The van der Waals surface area contributed by atoms with E-state index in [0.29, 0.717) is 24.6 Å². The Hall–Kier alpha value is -3.13. The number of carbonyl (C=O) groups excluding carboxylic acids is 1. The third-order valence-electron chi connectivity index (χ3n) is 4.23. The molecule has 2 aromatic carbocycles. The van der Waals surface area contributed by atoms with Gasteiger partial charge in [0.25, 0.3) is 11.6 Å². The molecule has 1 fully saturated rings. The maximum Gasteiger partial charge on any atom is 0.293 e. The summed E-state index contributed by atoms with van der Waals surface area (Å²) in [4.78, 5) is 25.2. The smallest absolute Gasteiger partial charge is 0.293 e. The number of benzene rings is 2. The van der Waals surface area contributed by atoms with Crippen LogP contribution in [0.25, 0.3) is 0 Å². The first-order valence-electron chi connectivity index (χ1n) is 8.29. The van der Waals surface area contributed by atoms with E-state index in [1.54, 1.807) is 13.1 Å². The highest BCUT2D eigenvalue weighted by molar-refractivity contribution is 6.05. The molecule has 1 amide bonds. The van der Waals surface area contributed by atoms with Crippen LogP contribution in [0, 0.1) is 10.1 Å². The molecule has 26 heavy (non-hydrogen) atoms. The molecule has 0 saturated carbocycles. The van der Waals surface area contributed by atoms with E-state index in [0.717, 1.165) is 18.8 Å². The summed E-state index contributed by atoms with van der Waals surface area (Å²) in [5.74, 6) is -0.394. The predicted octanol–water partition coefficient (Wildman–Crippen LogP) is 2.73. The predicted molar refractivity (Wildman–Crippen MR) is 100 cm³/mol. The first-order chi connectivity index (χ1) is 12.6. The van der Waals surface area contributed by atoms with E-state index in [1.807, 2.05) is 24.3 Å². The van der Waals surface area contributed by atoms with Gasteiger partial charge in [-0.25, -0.2) is 0 Å². The molecule has 1 heterocycles. The number of nitrogens with zero attached hydrogens (tertiary/aromatic N) is 2. The van der Waals surface area contributed by atoms with Crippen molar-refractivity contribution in [2.45, 2.75) is 0 Å². The van der Waals surface area contributed by atoms with E-state index in [1.165, 1.54) is 12.1 Å². The molecule has 0 radical (unpaired) electrons. The van der Waals surface area contributed by atoms with Gasteiger partial charge in [-0.1, -0.05) is 0 Å². The molecule has 2 N–H and O–H groups in total. The van der Waals surface area contributed by atoms with Crippen molar-refractivity contribution in [1.29, 1.82) is 0 Å². The summed E-state index contributed by atoms with van der Waals surface area (Å²) >= 11 is 0. The largest absolute Gasteiger partial charge is 0.383 e. The number of morpholine rings is 1. The second-order valence-corrected chi connectivity index (χ2v) is 5.84. The van der Waals surface area contributed by atoms with Crippen LogP contribution in [0.3, 0.4) is 0 Å². The zero-order valence-corrected chi connectivity index (χ0v) is 14.4. The van der Waals surface area contributed by atoms with Crippen molar-refractivity contribution in [3.8, 4) is 0 Å². The maximum atomic E-state index is 12.4. The van der Waals surface area contributed by atoms with Crippen LogP contribution in [-0.2, 0) is 4.74 Å². The van der Waals surface area contributed by atoms with Crippen LogP contribution >= 0.6 is 0 Å². The van der Waals surface area contributed by atoms with Crippen molar-refractivity contribution in [2.75, 3.05) is 48.9 Å². The Kier molecular flexibility index (Phi) is 5.33. The lowest BCUT2D eigenvalue weighted by atomic mass is 10.1. The van der Waals surface area contributed by atoms with Gasteiger partial charge in [-0.05, 0) is 36.4 Å². The lowest BCUT2D eigenvalue weighted by Crippen LogP contribution is -2.36. The van der Waals surface area contributed by atoms with Crippen molar-refractivity contribution in [1.82, 2.24) is 0 Å². The normalized spacial score (nSPS) is 14.0. The Morgan fingerprint density at radius 3 is 2.46 bits per heavy atom. The monoisotopic (exact) mass is 356 g/mol. The standard InChI is InChI=1S/C18H20N4O4/c1-19-16-7-2-13(12-17(16)22(24)25)18(23)20-14-3-5-15(6-4-14)21-8-10-26-11-9-21/h2-7,12,19H,8-11H2,1H3,(H,20,23). The number of hydrogen-bond donors (Lipinski definition) is 2. The Morgan fingerprint density at radius 2 is 1.85 bits per heavy atom. The summed E-state index contributed by atoms with van der Waals surface area (Å²) in [6.45, 7) is 3.10. The summed E-state index contributed by atoms with van der Waals surface area (Å²) in [7, 11) is 1.60. The van der Waals surface area contributed by atoms with Crippen LogP contribution in [0.15, 0.2) is 42.5 Å². The molecule has 0 bridgehead atoms. The highest BCUT2D eigenvalue weighted by Gasteiger charge is 2.17. The molecule has 136 valence electrons. The van der Waals surface area contributed by atoms with E-state index in [2.05, 4.69) is 15.5 Å². The maximum absolute atomic E-state index is 12.4. The Bertz CT molecular complexity index is 801. The number of anilines is 3. The minimum absolute atomic E-state index is 0.136. The average Bonchev–Trinajstić information content (AvgIpc) is 2.68. The van der Waals surface area contributed by atoms with Gasteiger partial charge in [0.05, 0.1) is 18.1 Å². The third-order valence-corrected chi connectivity index (χ3v) is 4.23. The molecule has 3 rings (SSSR count). The van der Waals surface area contributed by atoms with Crippen molar-refractivity contribution >= 4 is 28.7 Å². The summed E-state index contributed by atoms with van der Waals surface area (Å²) in [6.07, 6.45) is 0. The number of hydrogen-bond acceptors (Lipinski definition) is 6. The quantitative estimate of drug-likeness (QED) is 0.632. The number of nitro benzene ring substituents is 1. The Labute approximate surface area is 150 Å². The second kappa shape index (κ2) is 7.83. The highest BCUT2D eigenvalue weighted by atomic mass is 16.6. The molecule has 0 spiro atoms. The van der Waals surface area contributed by atoms with Gasteiger partial charge in [0.2, 0.25) is 0 Å². The van der Waals surface area contributed by atoms with Crippen LogP contribution in [0.4, 0.5) is 22.7 Å². The second-order valence-electron chi connectivity index (χ2n) is 5.84. The van der Waals surface area contributed by atoms with Crippen LogP contribution in [0.5, 0.6) is 0 Å². The number of rotatable bonds is 5. The minimum atomic E-state index is -0.514. The van der Waals surface area contributed by atoms with Crippen molar-refractivity contribution in [3.63, 3.8) is 0 Å². The molecule has 1 saturated heterocycles. The van der Waals surface area contributed by atoms with Crippen LogP contribution in [0.1, 0.15) is 10.4 Å². The van der Waals surface area contributed by atoms with Crippen molar-refractivity contribution in [2.24, 2.45) is 0 Å².